The van der Waals surface area contributed by atoms with Gasteiger partial charge in [0.2, 0.25) is 3.79 Å². The van der Waals surface area contributed by atoms with Gasteiger partial charge < -0.3 is 9.84 Å². The molecule has 0 atom stereocenters. The summed E-state index contributed by atoms with van der Waals surface area (Å²) in [6.45, 7) is -0.455. The van der Waals surface area contributed by atoms with E-state index in [1.54, 1.807) is 0 Å². The van der Waals surface area contributed by atoms with Crippen LogP contribution in [0.1, 0.15) is 6.42 Å². The number of rotatable bonds is 3. The second-order valence-electron chi connectivity index (χ2n) is 1.85. The third-order valence-electron chi connectivity index (χ3n) is 0.692. The van der Waals surface area contributed by atoms with Gasteiger partial charge in [0.05, 0.1) is 0 Å². The average molecular weight is 262 g/mol. The van der Waals surface area contributed by atoms with Crippen molar-refractivity contribution in [3.8, 4) is 0 Å². The van der Waals surface area contributed by atoms with Crippen LogP contribution in [0.4, 0.5) is 0 Å². The molecule has 4 nitrogen and oxygen atoms in total. The Morgan fingerprint density at radius 3 is 2.08 bits per heavy atom. The van der Waals surface area contributed by atoms with Crippen LogP contribution in [0.2, 0.25) is 0 Å². The van der Waals surface area contributed by atoms with Gasteiger partial charge in [0.15, 0.2) is 0 Å². The van der Waals surface area contributed by atoms with E-state index in [0.717, 1.165) is 0 Å². The Bertz CT molecular complexity index is 191. The Hall–Kier alpha value is 0.576. The molecule has 74 valence electrons. The quantitative estimate of drug-likeness (QED) is 0.347. The highest BCUT2D eigenvalue weighted by Gasteiger charge is 2.22. The molecule has 0 unspecified atom stereocenters. The number of hydrogen-bond acceptors (Lipinski definition) is 3. The Labute approximate surface area is 106 Å². The smallest absolute Gasteiger partial charge is 0.317 e. The number of carboxylic acid groups (broad SMARTS) is 1. The summed E-state index contributed by atoms with van der Waals surface area (Å²) in [4.78, 5) is 20.5. The second kappa shape index (κ2) is 6.95. The molecule has 0 heterocycles. The van der Waals surface area contributed by atoms with Crippen molar-refractivity contribution in [2.75, 3.05) is 6.61 Å². The monoisotopic (exact) mass is 260 g/mol. The average Bonchev–Trinajstić information content (AvgIpc) is 1.80. The topological polar surface area (TPSA) is 63.6 Å². The van der Waals surface area contributed by atoms with Crippen LogP contribution in [0, 0.1) is 0 Å². The summed E-state index contributed by atoms with van der Waals surface area (Å²) in [5.74, 6) is -2.22. The van der Waals surface area contributed by atoms with E-state index in [-0.39, 0.29) is 23.1 Å². The Balaban J connectivity index is 0. The van der Waals surface area contributed by atoms with Crippen molar-refractivity contribution in [1.82, 2.24) is 0 Å². The molecule has 0 saturated heterocycles. The maximum Gasteiger partial charge on any atom is 0.317 e. The van der Waals surface area contributed by atoms with Gasteiger partial charge in [-0.25, -0.2) is 0 Å². The first kappa shape index (κ1) is 16.0. The number of hydrogen-bond donors (Lipinski definition) is 1. The first-order valence-corrected chi connectivity index (χ1v) is 3.89. The zero-order valence-electron chi connectivity index (χ0n) is 5.72. The number of carboxylic acids is 1. The van der Waals surface area contributed by atoms with Crippen LogP contribution in [-0.2, 0) is 14.3 Å². The van der Waals surface area contributed by atoms with Gasteiger partial charge in [-0.3, -0.25) is 9.59 Å². The summed E-state index contributed by atoms with van der Waals surface area (Å²) in [5, 5.41) is 8.11. The molecule has 8 heteroatoms. The summed E-state index contributed by atoms with van der Waals surface area (Å²) >= 11 is 15.7. The molecule has 0 saturated carbocycles. The van der Waals surface area contributed by atoms with E-state index in [1.165, 1.54) is 0 Å². The molecule has 0 aromatic carbocycles. The first-order valence-electron chi connectivity index (χ1n) is 2.75. The van der Waals surface area contributed by atoms with Crippen molar-refractivity contribution < 1.29 is 19.4 Å². The van der Waals surface area contributed by atoms with Crippen LogP contribution in [0.3, 0.4) is 0 Å². The lowest BCUT2D eigenvalue weighted by molar-refractivity contribution is -0.151. The summed E-state index contributed by atoms with van der Waals surface area (Å²) in [5.41, 5.74) is 0. The molecular weight excluding hydrogens is 255 g/mol. The van der Waals surface area contributed by atoms with Crippen molar-refractivity contribution in [2.45, 2.75) is 10.2 Å². The fourth-order valence-electron chi connectivity index (χ4n) is 0.337. The molecule has 0 spiro atoms. The van der Waals surface area contributed by atoms with Gasteiger partial charge in [0, 0.05) is 0 Å². The van der Waals surface area contributed by atoms with E-state index in [4.69, 9.17) is 39.9 Å². The number of halogens is 3. The number of carbonyl (C=O) groups is 2. The molecule has 0 aliphatic heterocycles. The highest BCUT2D eigenvalue weighted by molar-refractivity contribution is 6.67. The molecule has 0 aliphatic rings. The van der Waals surface area contributed by atoms with Crippen molar-refractivity contribution in [2.24, 2.45) is 0 Å². The zero-order valence-corrected chi connectivity index (χ0v) is 7.99. The van der Waals surface area contributed by atoms with E-state index in [2.05, 4.69) is 4.74 Å². The van der Waals surface area contributed by atoms with Crippen LogP contribution < -0.4 is 0 Å². The number of alkyl halides is 3. The van der Waals surface area contributed by atoms with E-state index in [1.807, 2.05) is 0 Å². The molecule has 0 rings (SSSR count). The molecule has 0 radical (unpaired) electrons. The Morgan fingerprint density at radius 1 is 1.31 bits per heavy atom. The highest BCUT2D eigenvalue weighted by atomic mass is 35.6. The van der Waals surface area contributed by atoms with Gasteiger partial charge in [-0.05, 0) is 0 Å². The summed E-state index contributed by atoms with van der Waals surface area (Å²) in [7, 11) is 0. The first-order chi connectivity index (χ1) is 5.31. The van der Waals surface area contributed by atoms with Gasteiger partial charge in [0.25, 0.3) is 0 Å². The second-order valence-corrected chi connectivity index (χ2v) is 4.36. The summed E-state index contributed by atoms with van der Waals surface area (Å²) in [6.07, 6.45) is -0.735. The molecule has 0 amide bonds. The van der Waals surface area contributed by atoms with Gasteiger partial charge in [-0.2, -0.15) is 0 Å². The van der Waals surface area contributed by atoms with Crippen molar-refractivity contribution in [1.29, 1.82) is 0 Å². The van der Waals surface area contributed by atoms with E-state index >= 15 is 0 Å². The molecular formula is C5H7Cl3MgO4. The number of aliphatic carboxylic acids is 1. The van der Waals surface area contributed by atoms with Crippen LogP contribution in [0.5, 0.6) is 0 Å². The van der Waals surface area contributed by atoms with Crippen molar-refractivity contribution in [3.63, 3.8) is 0 Å². The lowest BCUT2D eigenvalue weighted by Crippen LogP contribution is -2.19. The lowest BCUT2D eigenvalue weighted by atomic mass is 10.4. The predicted octanol–water partition coefficient (Wildman–Crippen LogP) is 0.458. The fourth-order valence-corrected chi connectivity index (χ4v) is 0.500. The number of ether oxygens (including phenoxy) is 1. The SMILES string of the molecule is O=C(O)CC(=O)OCC(Cl)(Cl)Cl.[MgH2]. The van der Waals surface area contributed by atoms with Gasteiger partial charge in [0.1, 0.15) is 13.0 Å². The summed E-state index contributed by atoms with van der Waals surface area (Å²) in [6, 6.07) is 0. The normalized spacial score (nSPS) is 10.1. The third-order valence-corrected chi connectivity index (χ3v) is 1.02. The molecule has 13 heavy (non-hydrogen) atoms. The standard InChI is InChI=1S/C5H5Cl3O4.Mg.2H/c6-5(7,8)2-12-4(11)1-3(9)10;;;/h1-2H2,(H,9,10);;;. The molecule has 1 N–H and O–H groups in total. The van der Waals surface area contributed by atoms with Crippen LogP contribution in [0.25, 0.3) is 0 Å². The minimum Gasteiger partial charge on any atom is -0.481 e. The fraction of sp³-hybridized carbons (Fsp3) is 0.600. The third kappa shape index (κ3) is 12.6. The maximum absolute atomic E-state index is 10.5. The highest BCUT2D eigenvalue weighted by Crippen LogP contribution is 2.25. The lowest BCUT2D eigenvalue weighted by Gasteiger charge is -2.09. The van der Waals surface area contributed by atoms with E-state index < -0.39 is 28.8 Å². The molecule has 0 aromatic rings. The number of carbonyl (C=O) groups excluding carboxylic acids is 1. The number of esters is 1. The van der Waals surface area contributed by atoms with Gasteiger partial charge in [-0.15, -0.1) is 0 Å². The summed E-state index contributed by atoms with van der Waals surface area (Å²) < 4.78 is 2.60. The molecule has 0 bridgehead atoms. The Morgan fingerprint density at radius 2 is 1.77 bits per heavy atom. The van der Waals surface area contributed by atoms with Crippen LogP contribution >= 0.6 is 34.8 Å². The van der Waals surface area contributed by atoms with Gasteiger partial charge in [-0.1, -0.05) is 34.8 Å². The van der Waals surface area contributed by atoms with E-state index in [9.17, 15) is 9.59 Å². The van der Waals surface area contributed by atoms with Gasteiger partial charge >= 0.3 is 35.0 Å². The van der Waals surface area contributed by atoms with Crippen LogP contribution in [-0.4, -0.2) is 50.5 Å². The predicted molar refractivity (Wildman–Crippen MR) is 52.0 cm³/mol. The van der Waals surface area contributed by atoms with Crippen LogP contribution in [0.15, 0.2) is 0 Å². The minimum absolute atomic E-state index is 0. The van der Waals surface area contributed by atoms with Crippen molar-refractivity contribution >= 4 is 69.8 Å². The minimum atomic E-state index is -1.70. The Kier molecular flexibility index (Phi) is 8.56. The van der Waals surface area contributed by atoms with Crippen molar-refractivity contribution in [3.05, 3.63) is 0 Å². The largest absolute Gasteiger partial charge is 0.481 e. The molecule has 0 fully saturated rings. The molecule has 0 aromatic heterocycles. The van der Waals surface area contributed by atoms with E-state index in [0.29, 0.717) is 0 Å². The zero-order chi connectivity index (χ0) is 9.78. The maximum atomic E-state index is 10.5. The molecule has 0 aliphatic carbocycles.